The first-order chi connectivity index (χ1) is 12.3. The number of nitro groups is 1. The zero-order valence-corrected chi connectivity index (χ0v) is 13.6. The first-order valence-corrected chi connectivity index (χ1v) is 7.39. The number of benzene rings is 2. The van der Waals surface area contributed by atoms with Gasteiger partial charge in [0.05, 0.1) is 12.0 Å². The van der Waals surface area contributed by atoms with Crippen LogP contribution in [0.2, 0.25) is 0 Å². The van der Waals surface area contributed by atoms with Crippen molar-refractivity contribution in [1.82, 2.24) is 5.32 Å². The van der Waals surface area contributed by atoms with Crippen molar-refractivity contribution in [2.24, 2.45) is 0 Å². The molecule has 0 aromatic heterocycles. The molecule has 2 aromatic rings. The lowest BCUT2D eigenvalue weighted by atomic mass is 10.0. The van der Waals surface area contributed by atoms with E-state index in [9.17, 15) is 28.5 Å². The van der Waals surface area contributed by atoms with Crippen molar-refractivity contribution in [2.45, 2.75) is 12.5 Å². The Balaban J connectivity index is 2.16. The molecule has 2 aromatic carbocycles. The summed E-state index contributed by atoms with van der Waals surface area (Å²) in [7, 11) is 1.13. The quantitative estimate of drug-likeness (QED) is 0.482. The molecule has 2 rings (SSSR count). The summed E-state index contributed by atoms with van der Waals surface area (Å²) in [6.45, 7) is 0. The maximum atomic E-state index is 13.2. The molecule has 0 saturated carbocycles. The van der Waals surface area contributed by atoms with Crippen LogP contribution in [-0.2, 0) is 16.0 Å². The zero-order chi connectivity index (χ0) is 19.3. The van der Waals surface area contributed by atoms with Gasteiger partial charge in [-0.3, -0.25) is 14.9 Å². The van der Waals surface area contributed by atoms with Crippen LogP contribution in [0.4, 0.5) is 14.5 Å². The highest BCUT2D eigenvalue weighted by atomic mass is 19.2. The third-order valence-corrected chi connectivity index (χ3v) is 3.56. The van der Waals surface area contributed by atoms with E-state index in [1.165, 1.54) is 24.3 Å². The summed E-state index contributed by atoms with van der Waals surface area (Å²) in [6.07, 6.45) is 0.0000838. The number of rotatable bonds is 6. The maximum Gasteiger partial charge on any atom is 0.328 e. The van der Waals surface area contributed by atoms with E-state index < -0.39 is 34.5 Å². The molecule has 0 aliphatic carbocycles. The number of carbonyl (C=O) groups excluding carboxylic acids is 2. The van der Waals surface area contributed by atoms with Crippen LogP contribution in [0.15, 0.2) is 42.5 Å². The van der Waals surface area contributed by atoms with Gasteiger partial charge in [-0.15, -0.1) is 0 Å². The van der Waals surface area contributed by atoms with Crippen LogP contribution in [0.25, 0.3) is 0 Å². The van der Waals surface area contributed by atoms with E-state index in [0.717, 1.165) is 19.2 Å². The Kier molecular flexibility index (Phi) is 5.94. The molecule has 0 bridgehead atoms. The minimum atomic E-state index is -1.19. The number of hydrogen-bond acceptors (Lipinski definition) is 5. The third kappa shape index (κ3) is 4.59. The molecule has 136 valence electrons. The van der Waals surface area contributed by atoms with Crippen LogP contribution in [0, 0.1) is 21.7 Å². The molecule has 0 saturated heterocycles. The smallest absolute Gasteiger partial charge is 0.328 e. The number of methoxy groups -OCH3 is 1. The molecule has 1 amide bonds. The summed E-state index contributed by atoms with van der Waals surface area (Å²) in [5.74, 6) is -3.83. The zero-order valence-electron chi connectivity index (χ0n) is 13.6. The van der Waals surface area contributed by atoms with E-state index in [1.807, 2.05) is 0 Å². The van der Waals surface area contributed by atoms with Crippen molar-refractivity contribution in [1.29, 1.82) is 0 Å². The second kappa shape index (κ2) is 8.15. The summed E-state index contributed by atoms with van der Waals surface area (Å²) in [5, 5.41) is 13.0. The molecule has 0 fully saturated rings. The Morgan fingerprint density at radius 3 is 2.35 bits per heavy atom. The average Bonchev–Trinajstić information content (AvgIpc) is 2.63. The van der Waals surface area contributed by atoms with Crippen LogP contribution in [0.1, 0.15) is 15.9 Å². The molecule has 0 aliphatic heterocycles. The molecular formula is C17H14F2N2O5. The number of carbonyl (C=O) groups is 2. The van der Waals surface area contributed by atoms with Gasteiger partial charge in [0.25, 0.3) is 11.6 Å². The van der Waals surface area contributed by atoms with Gasteiger partial charge < -0.3 is 10.1 Å². The van der Waals surface area contributed by atoms with Crippen LogP contribution in [-0.4, -0.2) is 30.0 Å². The Bertz CT molecular complexity index is 840. The van der Waals surface area contributed by atoms with Gasteiger partial charge in [0.2, 0.25) is 0 Å². The summed E-state index contributed by atoms with van der Waals surface area (Å²) in [5.41, 5.74) is 0.257. The van der Waals surface area contributed by atoms with Crippen LogP contribution >= 0.6 is 0 Å². The number of halogens is 2. The van der Waals surface area contributed by atoms with Crippen LogP contribution in [0.5, 0.6) is 0 Å². The highest BCUT2D eigenvalue weighted by molar-refractivity contribution is 5.96. The standard InChI is InChI=1S/C17H14F2N2O5/c1-26-17(23)15(8-10-2-5-12(6-3-10)21(24)25)20-16(22)11-4-7-13(18)14(19)9-11/h2-7,9,15H,8H2,1H3,(H,20,22)/t15-/m0/s1. The fourth-order valence-electron chi connectivity index (χ4n) is 2.20. The number of ether oxygens (including phenoxy) is 1. The van der Waals surface area contributed by atoms with Crippen molar-refractivity contribution in [2.75, 3.05) is 7.11 Å². The second-order valence-electron chi connectivity index (χ2n) is 5.31. The second-order valence-corrected chi connectivity index (χ2v) is 5.31. The van der Waals surface area contributed by atoms with E-state index in [0.29, 0.717) is 11.6 Å². The molecular weight excluding hydrogens is 350 g/mol. The predicted octanol–water partition coefficient (Wildman–Crippen LogP) is 2.39. The molecule has 0 radical (unpaired) electrons. The molecule has 0 spiro atoms. The normalized spacial score (nSPS) is 11.5. The Morgan fingerprint density at radius 2 is 1.81 bits per heavy atom. The number of amides is 1. The predicted molar refractivity (Wildman–Crippen MR) is 86.4 cm³/mol. The first kappa shape index (κ1) is 19.0. The summed E-state index contributed by atoms with van der Waals surface area (Å²) in [4.78, 5) is 34.2. The van der Waals surface area contributed by atoms with E-state index in [4.69, 9.17) is 0 Å². The third-order valence-electron chi connectivity index (χ3n) is 3.56. The van der Waals surface area contributed by atoms with Gasteiger partial charge in [-0.25, -0.2) is 13.6 Å². The summed E-state index contributed by atoms with van der Waals surface area (Å²) in [6, 6.07) is 6.89. The molecule has 26 heavy (non-hydrogen) atoms. The number of nitro benzene ring substituents is 1. The van der Waals surface area contributed by atoms with Crippen molar-refractivity contribution >= 4 is 17.6 Å². The lowest BCUT2D eigenvalue weighted by molar-refractivity contribution is -0.384. The fraction of sp³-hybridized carbons (Fsp3) is 0.176. The van der Waals surface area contributed by atoms with E-state index in [-0.39, 0.29) is 17.7 Å². The van der Waals surface area contributed by atoms with Crippen molar-refractivity contribution in [3.63, 3.8) is 0 Å². The molecule has 0 heterocycles. The Labute approximate surface area is 146 Å². The van der Waals surface area contributed by atoms with E-state index in [2.05, 4.69) is 10.1 Å². The van der Waals surface area contributed by atoms with Gasteiger partial charge in [0, 0.05) is 24.1 Å². The van der Waals surface area contributed by atoms with Crippen molar-refractivity contribution < 1.29 is 28.0 Å². The van der Waals surface area contributed by atoms with Gasteiger partial charge in [-0.2, -0.15) is 0 Å². The highest BCUT2D eigenvalue weighted by Gasteiger charge is 2.23. The molecule has 0 aliphatic rings. The SMILES string of the molecule is COC(=O)[C@H](Cc1ccc([N+](=O)[O-])cc1)NC(=O)c1ccc(F)c(F)c1. The molecule has 9 heteroatoms. The van der Waals surface area contributed by atoms with Gasteiger partial charge >= 0.3 is 5.97 Å². The number of nitrogens with one attached hydrogen (secondary N) is 1. The van der Waals surface area contributed by atoms with E-state index >= 15 is 0 Å². The summed E-state index contributed by atoms with van der Waals surface area (Å²) >= 11 is 0. The molecule has 0 unspecified atom stereocenters. The van der Waals surface area contributed by atoms with E-state index in [1.54, 1.807) is 0 Å². The van der Waals surface area contributed by atoms with Gasteiger partial charge in [-0.1, -0.05) is 12.1 Å². The number of non-ortho nitro benzene ring substituents is 1. The maximum absolute atomic E-state index is 13.2. The minimum absolute atomic E-state index is 0.0000838. The number of nitrogens with zero attached hydrogens (tertiary/aromatic N) is 1. The Hall–Kier alpha value is -3.36. The van der Waals surface area contributed by atoms with Crippen LogP contribution in [0.3, 0.4) is 0 Å². The number of esters is 1. The topological polar surface area (TPSA) is 98.5 Å². The lowest BCUT2D eigenvalue weighted by Crippen LogP contribution is -2.43. The number of hydrogen-bond donors (Lipinski definition) is 1. The van der Waals surface area contributed by atoms with Crippen molar-refractivity contribution in [3.05, 3.63) is 75.3 Å². The van der Waals surface area contributed by atoms with Gasteiger partial charge in [0.1, 0.15) is 6.04 Å². The molecule has 7 nitrogen and oxygen atoms in total. The van der Waals surface area contributed by atoms with Crippen LogP contribution < -0.4 is 5.32 Å². The summed E-state index contributed by atoms with van der Waals surface area (Å²) < 4.78 is 30.8. The molecule has 1 N–H and O–H groups in total. The average molecular weight is 364 g/mol. The fourth-order valence-corrected chi connectivity index (χ4v) is 2.20. The lowest BCUT2D eigenvalue weighted by Gasteiger charge is -2.16. The van der Waals surface area contributed by atoms with Gasteiger partial charge in [-0.05, 0) is 23.8 Å². The Morgan fingerprint density at radius 1 is 1.15 bits per heavy atom. The minimum Gasteiger partial charge on any atom is -0.467 e. The van der Waals surface area contributed by atoms with Crippen molar-refractivity contribution in [3.8, 4) is 0 Å². The largest absolute Gasteiger partial charge is 0.467 e. The first-order valence-electron chi connectivity index (χ1n) is 7.39. The van der Waals surface area contributed by atoms with Gasteiger partial charge in [0.15, 0.2) is 11.6 Å². The molecule has 1 atom stereocenters. The highest BCUT2D eigenvalue weighted by Crippen LogP contribution is 2.14. The monoisotopic (exact) mass is 364 g/mol.